The normalized spacial score (nSPS) is 13.7. The first-order chi connectivity index (χ1) is 6.13. The van der Waals surface area contributed by atoms with Gasteiger partial charge in [0.2, 0.25) is 0 Å². The summed E-state index contributed by atoms with van der Waals surface area (Å²) in [6.45, 7) is 10.6. The topological polar surface area (TPSA) is 3.24 Å². The van der Waals surface area contributed by atoms with E-state index >= 15 is 0 Å². The summed E-state index contributed by atoms with van der Waals surface area (Å²) in [5, 5.41) is 0. The van der Waals surface area contributed by atoms with Crippen LogP contribution in [0.3, 0.4) is 0 Å². The van der Waals surface area contributed by atoms with E-state index < -0.39 is 0 Å². The highest BCUT2D eigenvalue weighted by Gasteiger charge is 2.14. The number of allylic oxidation sites excluding steroid dienone is 1. The van der Waals surface area contributed by atoms with Gasteiger partial charge in [0.05, 0.1) is 0 Å². The van der Waals surface area contributed by atoms with E-state index in [1.54, 1.807) is 0 Å². The maximum atomic E-state index is 3.78. The molecule has 1 nitrogen and oxygen atoms in total. The predicted octanol–water partition coefficient (Wildman–Crippen LogP) is 3.46. The van der Waals surface area contributed by atoms with Crippen molar-refractivity contribution in [1.29, 1.82) is 0 Å². The molecule has 1 unspecified atom stereocenters. The molecule has 0 aliphatic rings. The molecule has 0 aliphatic heterocycles. The highest BCUT2D eigenvalue weighted by molar-refractivity contribution is 4.76. The van der Waals surface area contributed by atoms with E-state index in [2.05, 4.69) is 39.3 Å². The molecule has 1 atom stereocenters. The van der Waals surface area contributed by atoms with Gasteiger partial charge in [0.15, 0.2) is 0 Å². The molecule has 0 saturated heterocycles. The third-order valence-corrected chi connectivity index (χ3v) is 2.72. The largest absolute Gasteiger partial charge is 0.301 e. The fourth-order valence-corrected chi connectivity index (χ4v) is 1.62. The SMILES string of the molecule is C=CCCC(CCC)N(C)C(C)C. The maximum Gasteiger partial charge on any atom is 0.00977 e. The van der Waals surface area contributed by atoms with Crippen LogP contribution in [0.25, 0.3) is 0 Å². The van der Waals surface area contributed by atoms with E-state index in [4.69, 9.17) is 0 Å². The molecular weight excluding hydrogens is 158 g/mol. The van der Waals surface area contributed by atoms with E-state index in [9.17, 15) is 0 Å². The van der Waals surface area contributed by atoms with Crippen molar-refractivity contribution in [1.82, 2.24) is 4.90 Å². The van der Waals surface area contributed by atoms with Gasteiger partial charge in [0.25, 0.3) is 0 Å². The van der Waals surface area contributed by atoms with Crippen LogP contribution in [0, 0.1) is 0 Å². The summed E-state index contributed by atoms with van der Waals surface area (Å²) in [6.07, 6.45) is 7.01. The van der Waals surface area contributed by atoms with Crippen molar-refractivity contribution in [3.8, 4) is 0 Å². The highest BCUT2D eigenvalue weighted by Crippen LogP contribution is 2.14. The van der Waals surface area contributed by atoms with Gasteiger partial charge in [-0.15, -0.1) is 6.58 Å². The standard InChI is InChI=1S/C12H25N/c1-6-8-10-12(9-7-2)13(5)11(3)4/h6,11-12H,1,7-10H2,2-5H3. The smallest absolute Gasteiger partial charge is 0.00977 e. The van der Waals surface area contributed by atoms with Crippen LogP contribution >= 0.6 is 0 Å². The Morgan fingerprint density at radius 1 is 1.31 bits per heavy atom. The number of hydrogen-bond donors (Lipinski definition) is 0. The Bertz CT molecular complexity index is 129. The van der Waals surface area contributed by atoms with Crippen molar-refractivity contribution in [3.05, 3.63) is 12.7 Å². The zero-order valence-electron chi connectivity index (χ0n) is 9.71. The number of nitrogens with zero attached hydrogens (tertiary/aromatic N) is 1. The van der Waals surface area contributed by atoms with Crippen LogP contribution in [0.2, 0.25) is 0 Å². The summed E-state index contributed by atoms with van der Waals surface area (Å²) < 4.78 is 0. The summed E-state index contributed by atoms with van der Waals surface area (Å²) in [7, 11) is 2.23. The summed E-state index contributed by atoms with van der Waals surface area (Å²) in [4.78, 5) is 2.48. The molecule has 0 rings (SSSR count). The fraction of sp³-hybridized carbons (Fsp3) is 0.833. The first-order valence-corrected chi connectivity index (χ1v) is 5.46. The fourth-order valence-electron chi connectivity index (χ4n) is 1.62. The van der Waals surface area contributed by atoms with Gasteiger partial charge >= 0.3 is 0 Å². The van der Waals surface area contributed by atoms with Gasteiger partial charge in [0, 0.05) is 12.1 Å². The molecule has 0 heterocycles. The Labute approximate surface area is 83.8 Å². The van der Waals surface area contributed by atoms with Crippen molar-refractivity contribution in [2.75, 3.05) is 7.05 Å². The van der Waals surface area contributed by atoms with Crippen LogP contribution in [-0.4, -0.2) is 24.0 Å². The van der Waals surface area contributed by atoms with Gasteiger partial charge in [-0.25, -0.2) is 0 Å². The van der Waals surface area contributed by atoms with Crippen LogP contribution in [0.1, 0.15) is 46.5 Å². The predicted molar refractivity (Wildman–Crippen MR) is 61.0 cm³/mol. The van der Waals surface area contributed by atoms with E-state index in [1.165, 1.54) is 19.3 Å². The van der Waals surface area contributed by atoms with Gasteiger partial charge in [-0.3, -0.25) is 0 Å². The molecule has 0 bridgehead atoms. The lowest BCUT2D eigenvalue weighted by Gasteiger charge is -2.31. The molecule has 0 amide bonds. The van der Waals surface area contributed by atoms with Crippen LogP contribution in [-0.2, 0) is 0 Å². The van der Waals surface area contributed by atoms with E-state index in [1.807, 2.05) is 6.08 Å². The lowest BCUT2D eigenvalue weighted by Crippen LogP contribution is -2.36. The lowest BCUT2D eigenvalue weighted by molar-refractivity contribution is 0.176. The minimum atomic E-state index is 0.654. The molecule has 0 aromatic carbocycles. The second-order valence-electron chi connectivity index (χ2n) is 4.07. The van der Waals surface area contributed by atoms with Crippen molar-refractivity contribution in [2.24, 2.45) is 0 Å². The maximum absolute atomic E-state index is 3.78. The minimum absolute atomic E-state index is 0.654. The molecule has 78 valence electrons. The molecule has 0 radical (unpaired) electrons. The molecule has 0 N–H and O–H groups in total. The molecule has 13 heavy (non-hydrogen) atoms. The molecule has 0 saturated carbocycles. The average Bonchev–Trinajstić information content (AvgIpc) is 2.11. The Balaban J connectivity index is 3.97. The van der Waals surface area contributed by atoms with Gasteiger partial charge < -0.3 is 4.90 Å². The summed E-state index contributed by atoms with van der Waals surface area (Å²) in [6, 6.07) is 1.39. The molecule has 1 heteroatoms. The monoisotopic (exact) mass is 183 g/mol. The molecule has 0 aliphatic carbocycles. The second kappa shape index (κ2) is 7.14. The zero-order valence-corrected chi connectivity index (χ0v) is 9.71. The van der Waals surface area contributed by atoms with Crippen molar-refractivity contribution < 1.29 is 0 Å². The van der Waals surface area contributed by atoms with Crippen LogP contribution in [0.15, 0.2) is 12.7 Å². The zero-order chi connectivity index (χ0) is 10.3. The van der Waals surface area contributed by atoms with Crippen LogP contribution in [0.4, 0.5) is 0 Å². The lowest BCUT2D eigenvalue weighted by atomic mass is 10.0. The van der Waals surface area contributed by atoms with Gasteiger partial charge in [-0.1, -0.05) is 19.4 Å². The molecule has 0 aromatic heterocycles. The van der Waals surface area contributed by atoms with Crippen molar-refractivity contribution >= 4 is 0 Å². The van der Waals surface area contributed by atoms with Crippen molar-refractivity contribution in [3.63, 3.8) is 0 Å². The Morgan fingerprint density at radius 3 is 2.31 bits per heavy atom. The summed E-state index contributed by atoms with van der Waals surface area (Å²) >= 11 is 0. The summed E-state index contributed by atoms with van der Waals surface area (Å²) in [5.41, 5.74) is 0. The van der Waals surface area contributed by atoms with Crippen LogP contribution < -0.4 is 0 Å². The average molecular weight is 183 g/mol. The molecule has 0 fully saturated rings. The van der Waals surface area contributed by atoms with Gasteiger partial charge in [-0.05, 0) is 40.2 Å². The van der Waals surface area contributed by atoms with E-state index in [-0.39, 0.29) is 0 Å². The Morgan fingerprint density at radius 2 is 1.92 bits per heavy atom. The number of hydrogen-bond acceptors (Lipinski definition) is 1. The molecule has 0 aromatic rings. The third-order valence-electron chi connectivity index (χ3n) is 2.72. The quantitative estimate of drug-likeness (QED) is 0.546. The Kier molecular flexibility index (Phi) is 6.97. The van der Waals surface area contributed by atoms with Gasteiger partial charge in [0.1, 0.15) is 0 Å². The second-order valence-corrected chi connectivity index (χ2v) is 4.07. The highest BCUT2D eigenvalue weighted by atomic mass is 15.1. The first kappa shape index (κ1) is 12.7. The Hall–Kier alpha value is -0.300. The van der Waals surface area contributed by atoms with E-state index in [0.717, 1.165) is 12.5 Å². The molecule has 0 spiro atoms. The molecular formula is C12H25N. The van der Waals surface area contributed by atoms with Crippen molar-refractivity contribution in [2.45, 2.75) is 58.5 Å². The number of rotatable bonds is 7. The van der Waals surface area contributed by atoms with E-state index in [0.29, 0.717) is 6.04 Å². The third kappa shape index (κ3) is 5.09. The summed E-state index contributed by atoms with van der Waals surface area (Å²) in [5.74, 6) is 0. The first-order valence-electron chi connectivity index (χ1n) is 5.46. The van der Waals surface area contributed by atoms with Gasteiger partial charge in [-0.2, -0.15) is 0 Å². The minimum Gasteiger partial charge on any atom is -0.301 e. The van der Waals surface area contributed by atoms with Crippen LogP contribution in [0.5, 0.6) is 0 Å².